The van der Waals surface area contributed by atoms with Crippen LogP contribution in [0.1, 0.15) is 33.6 Å². The van der Waals surface area contributed by atoms with Gasteiger partial charge in [-0.1, -0.05) is 20.8 Å². The van der Waals surface area contributed by atoms with Crippen LogP contribution < -0.4 is 15.5 Å². The Kier molecular flexibility index (Phi) is 4.11. The standard InChI is InChI=1S/C18H23N3O2S/c1-17(2)13-9-10-18(17,3)15(22)14(13)20-21-16(24)19-11-5-7-12(23-4)8-6-11/h5-8,13H,9-10H2,1-4H3,(H2,19,21,24). The zero-order valence-electron chi connectivity index (χ0n) is 14.5. The molecule has 2 aliphatic rings. The van der Waals surface area contributed by atoms with Gasteiger partial charge in [-0.05, 0) is 54.7 Å². The van der Waals surface area contributed by atoms with Gasteiger partial charge < -0.3 is 10.1 Å². The molecule has 24 heavy (non-hydrogen) atoms. The Hall–Kier alpha value is -1.95. The highest BCUT2D eigenvalue weighted by molar-refractivity contribution is 7.80. The molecule has 2 N–H and O–H groups in total. The number of nitrogens with one attached hydrogen (secondary N) is 2. The van der Waals surface area contributed by atoms with E-state index in [9.17, 15) is 4.79 Å². The summed E-state index contributed by atoms with van der Waals surface area (Å²) < 4.78 is 5.12. The van der Waals surface area contributed by atoms with Crippen LogP contribution in [-0.2, 0) is 4.79 Å². The summed E-state index contributed by atoms with van der Waals surface area (Å²) in [6.45, 7) is 6.39. The van der Waals surface area contributed by atoms with Crippen molar-refractivity contribution in [2.24, 2.45) is 21.8 Å². The number of hydrazone groups is 1. The van der Waals surface area contributed by atoms with E-state index >= 15 is 0 Å². The largest absolute Gasteiger partial charge is 0.497 e. The van der Waals surface area contributed by atoms with E-state index in [0.717, 1.165) is 24.3 Å². The summed E-state index contributed by atoms with van der Waals surface area (Å²) in [6, 6.07) is 7.43. The number of Topliss-reactive ketones (excluding diaryl/α,β-unsaturated/α-hetero) is 1. The SMILES string of the molecule is COc1ccc(NC(=S)NN=C2C(=O)C3(C)CCC2C3(C)C)cc1. The van der Waals surface area contributed by atoms with Crippen LogP contribution in [0.15, 0.2) is 29.4 Å². The van der Waals surface area contributed by atoms with Gasteiger partial charge in [-0.2, -0.15) is 5.10 Å². The minimum absolute atomic E-state index is 0.0460. The lowest BCUT2D eigenvalue weighted by Crippen LogP contribution is -2.34. The van der Waals surface area contributed by atoms with Crippen LogP contribution in [0.4, 0.5) is 5.69 Å². The zero-order valence-corrected chi connectivity index (χ0v) is 15.3. The van der Waals surface area contributed by atoms with Crippen molar-refractivity contribution in [1.29, 1.82) is 0 Å². The van der Waals surface area contributed by atoms with Crippen LogP contribution in [0.25, 0.3) is 0 Å². The van der Waals surface area contributed by atoms with Crippen molar-refractivity contribution >= 4 is 34.5 Å². The lowest BCUT2D eigenvalue weighted by atomic mass is 9.70. The van der Waals surface area contributed by atoms with Crippen molar-refractivity contribution in [3.63, 3.8) is 0 Å². The van der Waals surface area contributed by atoms with Crippen LogP contribution in [0.2, 0.25) is 0 Å². The molecule has 0 spiro atoms. The number of benzene rings is 1. The summed E-state index contributed by atoms with van der Waals surface area (Å²) >= 11 is 5.27. The Morgan fingerprint density at radius 3 is 2.50 bits per heavy atom. The highest BCUT2D eigenvalue weighted by atomic mass is 32.1. The van der Waals surface area contributed by atoms with E-state index in [4.69, 9.17) is 17.0 Å². The number of carbonyl (C=O) groups excluding carboxylic acids is 1. The molecule has 0 amide bonds. The molecule has 0 heterocycles. The highest BCUT2D eigenvalue weighted by Gasteiger charge is 2.65. The lowest BCUT2D eigenvalue weighted by Gasteiger charge is -2.31. The molecule has 2 bridgehead atoms. The second-order valence-electron chi connectivity index (χ2n) is 7.27. The number of hydrogen-bond acceptors (Lipinski definition) is 4. The monoisotopic (exact) mass is 345 g/mol. The van der Waals surface area contributed by atoms with E-state index < -0.39 is 0 Å². The first kappa shape index (κ1) is 16.9. The van der Waals surface area contributed by atoms with Gasteiger partial charge in [-0.15, -0.1) is 0 Å². The number of thiocarbonyl (C=S) groups is 1. The maximum atomic E-state index is 12.7. The van der Waals surface area contributed by atoms with Gasteiger partial charge in [0.1, 0.15) is 11.5 Å². The Balaban J connectivity index is 1.67. The van der Waals surface area contributed by atoms with Crippen molar-refractivity contribution in [2.45, 2.75) is 33.6 Å². The minimum atomic E-state index is -0.302. The first-order valence-corrected chi connectivity index (χ1v) is 8.54. The molecule has 0 aliphatic heterocycles. The topological polar surface area (TPSA) is 62.7 Å². The molecule has 0 radical (unpaired) electrons. The number of ether oxygens (including phenoxy) is 1. The second-order valence-corrected chi connectivity index (χ2v) is 7.67. The summed E-state index contributed by atoms with van der Waals surface area (Å²) in [4.78, 5) is 12.7. The normalized spacial score (nSPS) is 28.9. The molecular formula is C18H23N3O2S. The number of rotatable bonds is 3. The number of carbonyl (C=O) groups is 1. The highest BCUT2D eigenvalue weighted by Crippen LogP contribution is 2.62. The number of methoxy groups -OCH3 is 1. The van der Waals surface area contributed by atoms with Crippen LogP contribution >= 0.6 is 12.2 Å². The molecule has 5 nitrogen and oxygen atoms in total. The van der Waals surface area contributed by atoms with E-state index in [1.54, 1.807) is 7.11 Å². The van der Waals surface area contributed by atoms with Gasteiger partial charge in [-0.3, -0.25) is 10.2 Å². The van der Waals surface area contributed by atoms with E-state index in [1.165, 1.54) is 0 Å². The van der Waals surface area contributed by atoms with Crippen molar-refractivity contribution in [3.05, 3.63) is 24.3 Å². The van der Waals surface area contributed by atoms with Gasteiger partial charge in [0.25, 0.3) is 0 Å². The molecule has 2 fully saturated rings. The fourth-order valence-electron chi connectivity index (χ4n) is 3.90. The van der Waals surface area contributed by atoms with E-state index in [-0.39, 0.29) is 22.5 Å². The molecule has 1 aromatic rings. The third-order valence-electron chi connectivity index (χ3n) is 5.92. The summed E-state index contributed by atoms with van der Waals surface area (Å²) in [5.74, 6) is 1.14. The number of anilines is 1. The van der Waals surface area contributed by atoms with Gasteiger partial charge in [0.2, 0.25) is 0 Å². The number of fused-ring (bicyclic) bond motifs is 2. The smallest absolute Gasteiger partial charge is 0.191 e. The Labute approximate surface area is 147 Å². The van der Waals surface area contributed by atoms with Crippen molar-refractivity contribution in [3.8, 4) is 5.75 Å². The van der Waals surface area contributed by atoms with Gasteiger partial charge in [0.15, 0.2) is 10.9 Å². The summed E-state index contributed by atoms with van der Waals surface area (Å²) in [6.07, 6.45) is 1.95. The summed E-state index contributed by atoms with van der Waals surface area (Å²) in [5.41, 5.74) is 3.95. The molecule has 1 aromatic carbocycles. The quantitative estimate of drug-likeness (QED) is 0.650. The predicted octanol–water partition coefficient (Wildman–Crippen LogP) is 3.36. The van der Waals surface area contributed by atoms with Crippen LogP contribution in [0, 0.1) is 16.7 Å². The molecule has 2 unspecified atom stereocenters. The maximum absolute atomic E-state index is 12.7. The summed E-state index contributed by atoms with van der Waals surface area (Å²) in [7, 11) is 1.62. The van der Waals surface area contributed by atoms with Crippen LogP contribution in [-0.4, -0.2) is 23.7 Å². The molecule has 0 aromatic heterocycles. The molecule has 2 saturated carbocycles. The predicted molar refractivity (Wildman–Crippen MR) is 99.4 cm³/mol. The van der Waals surface area contributed by atoms with E-state index in [2.05, 4.69) is 36.6 Å². The third kappa shape index (κ3) is 2.49. The molecule has 128 valence electrons. The fourth-order valence-corrected chi connectivity index (χ4v) is 4.06. The Bertz CT molecular complexity index is 711. The first-order chi connectivity index (χ1) is 11.3. The molecule has 2 atom stereocenters. The average Bonchev–Trinajstić information content (AvgIpc) is 2.86. The molecule has 3 rings (SSSR count). The minimum Gasteiger partial charge on any atom is -0.497 e. The van der Waals surface area contributed by atoms with Crippen molar-refractivity contribution < 1.29 is 9.53 Å². The van der Waals surface area contributed by atoms with Gasteiger partial charge in [0.05, 0.1) is 7.11 Å². The molecule has 6 heteroatoms. The van der Waals surface area contributed by atoms with Gasteiger partial charge in [0, 0.05) is 17.0 Å². The lowest BCUT2D eigenvalue weighted by molar-refractivity contribution is -0.123. The van der Waals surface area contributed by atoms with E-state index in [1.807, 2.05) is 24.3 Å². The van der Waals surface area contributed by atoms with Gasteiger partial charge in [-0.25, -0.2) is 0 Å². The molecule has 0 saturated heterocycles. The molecule has 2 aliphatic carbocycles. The second kappa shape index (κ2) is 5.84. The third-order valence-corrected chi connectivity index (χ3v) is 6.11. The van der Waals surface area contributed by atoms with E-state index in [0.29, 0.717) is 10.8 Å². The van der Waals surface area contributed by atoms with Gasteiger partial charge >= 0.3 is 0 Å². The summed E-state index contributed by atoms with van der Waals surface area (Å²) in [5, 5.41) is 7.77. The number of ketones is 1. The average molecular weight is 345 g/mol. The zero-order chi connectivity index (χ0) is 17.5. The van der Waals surface area contributed by atoms with Crippen molar-refractivity contribution in [1.82, 2.24) is 5.43 Å². The number of nitrogens with zero attached hydrogens (tertiary/aromatic N) is 1. The number of hydrogen-bond donors (Lipinski definition) is 2. The van der Waals surface area contributed by atoms with Crippen LogP contribution in [0.5, 0.6) is 5.75 Å². The molecular weight excluding hydrogens is 322 g/mol. The Morgan fingerprint density at radius 2 is 1.96 bits per heavy atom. The van der Waals surface area contributed by atoms with Crippen molar-refractivity contribution in [2.75, 3.05) is 12.4 Å². The first-order valence-electron chi connectivity index (χ1n) is 8.13. The Morgan fingerprint density at radius 1 is 1.29 bits per heavy atom. The van der Waals surface area contributed by atoms with Crippen LogP contribution in [0.3, 0.4) is 0 Å². The maximum Gasteiger partial charge on any atom is 0.191 e. The fraction of sp³-hybridized carbons (Fsp3) is 0.500.